The van der Waals surface area contributed by atoms with Crippen molar-refractivity contribution in [2.24, 2.45) is 0 Å². The number of amides is 2. The highest BCUT2D eigenvalue weighted by Gasteiger charge is 2.20. The molecule has 1 unspecified atom stereocenters. The van der Waals surface area contributed by atoms with Gasteiger partial charge in [-0.15, -0.1) is 0 Å². The average Bonchev–Trinajstić information content (AvgIpc) is 2.79. The summed E-state index contributed by atoms with van der Waals surface area (Å²) in [6.45, 7) is 0.398. The SMILES string of the molecule is O=C(NCCCC(NC(=O)c1ccc2ccccc2c1)C(=O)O)OCc1ccccc1. The minimum Gasteiger partial charge on any atom is -0.480 e. The zero-order valence-corrected chi connectivity index (χ0v) is 16.9. The molecule has 0 saturated carbocycles. The molecule has 0 aromatic heterocycles. The summed E-state index contributed by atoms with van der Waals surface area (Å²) >= 11 is 0. The van der Waals surface area contributed by atoms with Gasteiger partial charge in [0.1, 0.15) is 12.6 Å². The number of aliphatic carboxylic acids is 1. The van der Waals surface area contributed by atoms with Crippen LogP contribution >= 0.6 is 0 Å². The minimum atomic E-state index is -1.12. The van der Waals surface area contributed by atoms with Crippen molar-refractivity contribution in [3.63, 3.8) is 0 Å². The summed E-state index contributed by atoms with van der Waals surface area (Å²) in [6.07, 6.45) is -0.0285. The van der Waals surface area contributed by atoms with Crippen LogP contribution in [0.25, 0.3) is 10.8 Å². The van der Waals surface area contributed by atoms with Gasteiger partial charge in [-0.05, 0) is 41.3 Å². The summed E-state index contributed by atoms with van der Waals surface area (Å²) < 4.78 is 5.10. The molecule has 0 spiro atoms. The third-order valence-corrected chi connectivity index (χ3v) is 4.77. The number of carbonyl (C=O) groups excluding carboxylic acids is 2. The number of carboxylic acids is 1. The highest BCUT2D eigenvalue weighted by atomic mass is 16.5. The lowest BCUT2D eigenvalue weighted by atomic mass is 10.1. The molecular weight excluding hydrogens is 396 g/mol. The number of rotatable bonds is 9. The maximum Gasteiger partial charge on any atom is 0.407 e. The Morgan fingerprint density at radius 3 is 2.35 bits per heavy atom. The van der Waals surface area contributed by atoms with Crippen LogP contribution in [-0.4, -0.2) is 35.7 Å². The summed E-state index contributed by atoms with van der Waals surface area (Å²) in [5.74, 6) is -1.57. The van der Waals surface area contributed by atoms with Crippen LogP contribution in [0.15, 0.2) is 72.8 Å². The molecule has 0 aliphatic rings. The Morgan fingerprint density at radius 2 is 1.61 bits per heavy atom. The van der Waals surface area contributed by atoms with Gasteiger partial charge in [-0.2, -0.15) is 0 Å². The number of nitrogens with one attached hydrogen (secondary N) is 2. The van der Waals surface area contributed by atoms with E-state index in [0.717, 1.165) is 16.3 Å². The van der Waals surface area contributed by atoms with Gasteiger partial charge in [-0.25, -0.2) is 9.59 Å². The number of hydrogen-bond donors (Lipinski definition) is 3. The van der Waals surface area contributed by atoms with Gasteiger partial charge in [0.25, 0.3) is 5.91 Å². The van der Waals surface area contributed by atoms with E-state index in [4.69, 9.17) is 4.74 Å². The summed E-state index contributed by atoms with van der Waals surface area (Å²) in [5, 5.41) is 16.5. The van der Waals surface area contributed by atoms with E-state index in [1.165, 1.54) is 0 Å². The fourth-order valence-corrected chi connectivity index (χ4v) is 3.10. The van der Waals surface area contributed by atoms with Gasteiger partial charge in [0.2, 0.25) is 0 Å². The molecule has 0 bridgehead atoms. The molecule has 0 radical (unpaired) electrons. The van der Waals surface area contributed by atoms with Crippen LogP contribution in [0.5, 0.6) is 0 Å². The second-order valence-corrected chi connectivity index (χ2v) is 7.06. The molecule has 0 aliphatic heterocycles. The van der Waals surface area contributed by atoms with E-state index in [-0.39, 0.29) is 19.6 Å². The number of carbonyl (C=O) groups is 3. The van der Waals surface area contributed by atoms with Crippen LogP contribution in [0.4, 0.5) is 4.79 Å². The molecule has 3 N–H and O–H groups in total. The van der Waals surface area contributed by atoms with Crippen LogP contribution in [0, 0.1) is 0 Å². The van der Waals surface area contributed by atoms with E-state index in [0.29, 0.717) is 12.0 Å². The normalized spacial score (nSPS) is 11.5. The van der Waals surface area contributed by atoms with E-state index >= 15 is 0 Å². The lowest BCUT2D eigenvalue weighted by molar-refractivity contribution is -0.139. The molecule has 1 atom stereocenters. The molecule has 0 heterocycles. The molecule has 0 saturated heterocycles. The van der Waals surface area contributed by atoms with E-state index in [1.807, 2.05) is 60.7 Å². The molecule has 160 valence electrons. The predicted octanol–water partition coefficient (Wildman–Crippen LogP) is 3.73. The van der Waals surface area contributed by atoms with Crippen molar-refractivity contribution in [2.45, 2.75) is 25.5 Å². The fraction of sp³-hybridized carbons (Fsp3) is 0.208. The lowest BCUT2D eigenvalue weighted by Gasteiger charge is -2.15. The van der Waals surface area contributed by atoms with Crippen molar-refractivity contribution < 1.29 is 24.2 Å². The van der Waals surface area contributed by atoms with Gasteiger partial charge >= 0.3 is 12.1 Å². The van der Waals surface area contributed by atoms with E-state index in [9.17, 15) is 19.5 Å². The van der Waals surface area contributed by atoms with E-state index in [2.05, 4.69) is 10.6 Å². The lowest BCUT2D eigenvalue weighted by Crippen LogP contribution is -2.41. The van der Waals surface area contributed by atoms with Crippen molar-refractivity contribution in [2.75, 3.05) is 6.54 Å². The molecule has 31 heavy (non-hydrogen) atoms. The average molecular weight is 420 g/mol. The molecule has 7 nitrogen and oxygen atoms in total. The first-order chi connectivity index (χ1) is 15.0. The smallest absolute Gasteiger partial charge is 0.407 e. The predicted molar refractivity (Wildman–Crippen MR) is 117 cm³/mol. The largest absolute Gasteiger partial charge is 0.480 e. The zero-order valence-electron chi connectivity index (χ0n) is 16.9. The van der Waals surface area contributed by atoms with Crippen molar-refractivity contribution in [3.05, 3.63) is 83.9 Å². The second kappa shape index (κ2) is 10.8. The van der Waals surface area contributed by atoms with Crippen molar-refractivity contribution >= 4 is 28.7 Å². The third-order valence-electron chi connectivity index (χ3n) is 4.77. The topological polar surface area (TPSA) is 105 Å². The van der Waals surface area contributed by atoms with Crippen molar-refractivity contribution in [1.82, 2.24) is 10.6 Å². The quantitative estimate of drug-likeness (QED) is 0.458. The number of fused-ring (bicyclic) bond motifs is 1. The number of ether oxygens (including phenoxy) is 1. The Balaban J connectivity index is 1.44. The summed E-state index contributed by atoms with van der Waals surface area (Å²) in [6, 6.07) is 21.1. The minimum absolute atomic E-state index is 0.159. The number of benzene rings is 3. The highest BCUT2D eigenvalue weighted by Crippen LogP contribution is 2.16. The Labute approximate surface area is 180 Å². The molecule has 2 amide bonds. The Kier molecular flexibility index (Phi) is 7.59. The maximum absolute atomic E-state index is 12.5. The van der Waals surface area contributed by atoms with E-state index in [1.54, 1.807) is 12.1 Å². The van der Waals surface area contributed by atoms with Crippen LogP contribution in [0.3, 0.4) is 0 Å². The first-order valence-corrected chi connectivity index (χ1v) is 10.00. The van der Waals surface area contributed by atoms with Gasteiger partial charge < -0.3 is 20.5 Å². The standard InChI is InChI=1S/C24H24N2O5/c27-22(20-13-12-18-9-4-5-10-19(18)15-20)26-21(23(28)29)11-6-14-25-24(30)31-16-17-7-2-1-3-8-17/h1-5,7-10,12-13,15,21H,6,11,14,16H2,(H,25,30)(H,26,27)(H,28,29). The monoisotopic (exact) mass is 420 g/mol. The van der Waals surface area contributed by atoms with Crippen molar-refractivity contribution in [1.29, 1.82) is 0 Å². The van der Waals surface area contributed by atoms with Gasteiger partial charge in [0.15, 0.2) is 0 Å². The molecule has 0 aliphatic carbocycles. The molecular formula is C24H24N2O5. The molecule has 3 aromatic rings. The summed E-state index contributed by atoms with van der Waals surface area (Å²) in [4.78, 5) is 35.8. The summed E-state index contributed by atoms with van der Waals surface area (Å²) in [5.41, 5.74) is 1.27. The Bertz CT molecular complexity index is 1050. The van der Waals surface area contributed by atoms with Crippen LogP contribution in [-0.2, 0) is 16.1 Å². The van der Waals surface area contributed by atoms with Gasteiger partial charge in [0.05, 0.1) is 0 Å². The van der Waals surface area contributed by atoms with Gasteiger partial charge in [0, 0.05) is 12.1 Å². The first kappa shape index (κ1) is 21.8. The Morgan fingerprint density at radius 1 is 0.903 bits per heavy atom. The fourth-order valence-electron chi connectivity index (χ4n) is 3.10. The maximum atomic E-state index is 12.5. The highest BCUT2D eigenvalue weighted by molar-refractivity contribution is 6.00. The number of hydrogen-bond acceptors (Lipinski definition) is 4. The molecule has 0 fully saturated rings. The van der Waals surface area contributed by atoms with Gasteiger partial charge in [-0.1, -0.05) is 60.7 Å². The molecule has 3 aromatic carbocycles. The van der Waals surface area contributed by atoms with Crippen LogP contribution < -0.4 is 10.6 Å². The molecule has 7 heteroatoms. The second-order valence-electron chi connectivity index (χ2n) is 7.06. The first-order valence-electron chi connectivity index (χ1n) is 10.00. The zero-order chi connectivity index (χ0) is 22.1. The number of carboxylic acid groups (broad SMARTS) is 1. The number of alkyl carbamates (subject to hydrolysis) is 1. The van der Waals surface area contributed by atoms with E-state index < -0.39 is 24.0 Å². The Hall–Kier alpha value is -3.87. The van der Waals surface area contributed by atoms with Crippen molar-refractivity contribution in [3.8, 4) is 0 Å². The van der Waals surface area contributed by atoms with Gasteiger partial charge in [-0.3, -0.25) is 4.79 Å². The summed E-state index contributed by atoms with van der Waals surface area (Å²) in [7, 11) is 0. The third kappa shape index (κ3) is 6.57. The van der Waals surface area contributed by atoms with Crippen LogP contribution in [0.1, 0.15) is 28.8 Å². The molecule has 3 rings (SSSR count). The van der Waals surface area contributed by atoms with Crippen LogP contribution in [0.2, 0.25) is 0 Å².